The lowest BCUT2D eigenvalue weighted by Gasteiger charge is -2.08. The Morgan fingerprint density at radius 3 is 2.79 bits per heavy atom. The molecule has 0 fully saturated rings. The van der Waals surface area contributed by atoms with Gasteiger partial charge in [0.05, 0.1) is 0 Å². The molecule has 0 spiro atoms. The van der Waals surface area contributed by atoms with Gasteiger partial charge in [-0.2, -0.15) is 11.8 Å². The summed E-state index contributed by atoms with van der Waals surface area (Å²) in [6.07, 6.45) is 0. The Hall–Kier alpha value is -0.180. The molecule has 0 radical (unpaired) electrons. The summed E-state index contributed by atoms with van der Waals surface area (Å²) in [5.41, 5.74) is 8.01. The quantitative estimate of drug-likeness (QED) is 0.858. The van der Waals surface area contributed by atoms with E-state index in [0.717, 1.165) is 22.9 Å². The van der Waals surface area contributed by atoms with E-state index in [1.165, 1.54) is 5.56 Å². The standard InChI is InChI=1S/C11H16ClNS/c1-8-5-10(3-4-11(8)12)7-14-9(2)6-13/h3-5,9H,6-7,13H2,1-2H3. The Morgan fingerprint density at radius 1 is 1.50 bits per heavy atom. The predicted molar refractivity (Wildman–Crippen MR) is 66.0 cm³/mol. The molecule has 0 amide bonds. The summed E-state index contributed by atoms with van der Waals surface area (Å²) in [5, 5.41) is 1.36. The zero-order valence-electron chi connectivity index (χ0n) is 8.59. The van der Waals surface area contributed by atoms with E-state index >= 15 is 0 Å². The van der Waals surface area contributed by atoms with Gasteiger partial charge in [0.25, 0.3) is 0 Å². The molecule has 0 saturated carbocycles. The van der Waals surface area contributed by atoms with Gasteiger partial charge < -0.3 is 5.73 Å². The third kappa shape index (κ3) is 3.52. The first-order valence-corrected chi connectivity index (χ1v) is 6.13. The molecule has 1 atom stereocenters. The summed E-state index contributed by atoms with van der Waals surface area (Å²) in [6.45, 7) is 4.91. The highest BCUT2D eigenvalue weighted by molar-refractivity contribution is 7.99. The van der Waals surface area contributed by atoms with Crippen LogP contribution in [0.1, 0.15) is 18.1 Å². The zero-order valence-corrected chi connectivity index (χ0v) is 10.2. The number of nitrogens with two attached hydrogens (primary N) is 1. The molecular weight excluding hydrogens is 214 g/mol. The van der Waals surface area contributed by atoms with Gasteiger partial charge in [0, 0.05) is 22.6 Å². The summed E-state index contributed by atoms with van der Waals surface area (Å²) in [4.78, 5) is 0. The lowest BCUT2D eigenvalue weighted by atomic mass is 10.2. The molecular formula is C11H16ClNS. The zero-order chi connectivity index (χ0) is 10.6. The molecule has 78 valence electrons. The highest BCUT2D eigenvalue weighted by Crippen LogP contribution is 2.21. The first-order chi connectivity index (χ1) is 6.63. The van der Waals surface area contributed by atoms with Gasteiger partial charge in [-0.1, -0.05) is 30.7 Å². The molecule has 1 nitrogen and oxygen atoms in total. The number of aryl methyl sites for hydroxylation is 1. The number of halogens is 1. The van der Waals surface area contributed by atoms with Gasteiger partial charge in [-0.3, -0.25) is 0 Å². The molecule has 1 rings (SSSR count). The molecule has 0 aliphatic rings. The number of hydrogen-bond acceptors (Lipinski definition) is 2. The second-order valence-electron chi connectivity index (χ2n) is 3.44. The van der Waals surface area contributed by atoms with Crippen LogP contribution in [0.4, 0.5) is 0 Å². The van der Waals surface area contributed by atoms with Crippen molar-refractivity contribution in [3.05, 3.63) is 34.3 Å². The van der Waals surface area contributed by atoms with E-state index in [2.05, 4.69) is 19.1 Å². The first-order valence-electron chi connectivity index (χ1n) is 4.70. The minimum absolute atomic E-state index is 0.519. The minimum Gasteiger partial charge on any atom is -0.329 e. The normalized spacial score (nSPS) is 12.9. The van der Waals surface area contributed by atoms with E-state index in [4.69, 9.17) is 17.3 Å². The molecule has 0 saturated heterocycles. The van der Waals surface area contributed by atoms with Crippen molar-refractivity contribution in [3.63, 3.8) is 0 Å². The van der Waals surface area contributed by atoms with Crippen LogP contribution in [-0.2, 0) is 5.75 Å². The van der Waals surface area contributed by atoms with E-state index in [-0.39, 0.29) is 0 Å². The summed E-state index contributed by atoms with van der Waals surface area (Å²) in [5.74, 6) is 1.01. The molecule has 0 aromatic heterocycles. The molecule has 3 heteroatoms. The lowest BCUT2D eigenvalue weighted by Crippen LogP contribution is -2.12. The van der Waals surface area contributed by atoms with Crippen molar-refractivity contribution in [1.82, 2.24) is 0 Å². The topological polar surface area (TPSA) is 26.0 Å². The average molecular weight is 230 g/mol. The van der Waals surface area contributed by atoms with Crippen molar-refractivity contribution in [2.24, 2.45) is 5.73 Å². The summed E-state index contributed by atoms with van der Waals surface area (Å²) in [7, 11) is 0. The largest absolute Gasteiger partial charge is 0.329 e. The van der Waals surface area contributed by atoms with E-state index in [1.54, 1.807) is 0 Å². The number of hydrogen-bond donors (Lipinski definition) is 1. The van der Waals surface area contributed by atoms with Crippen LogP contribution in [0, 0.1) is 6.92 Å². The second kappa shape index (κ2) is 5.64. The van der Waals surface area contributed by atoms with Crippen LogP contribution in [-0.4, -0.2) is 11.8 Å². The fourth-order valence-electron chi connectivity index (χ4n) is 1.10. The highest BCUT2D eigenvalue weighted by atomic mass is 35.5. The Kier molecular flexibility index (Phi) is 4.79. The molecule has 0 bridgehead atoms. The lowest BCUT2D eigenvalue weighted by molar-refractivity contribution is 0.950. The fourth-order valence-corrected chi connectivity index (χ4v) is 2.01. The maximum atomic E-state index is 5.94. The van der Waals surface area contributed by atoms with Gasteiger partial charge in [-0.05, 0) is 24.1 Å². The Labute approximate surface area is 95.0 Å². The van der Waals surface area contributed by atoms with Crippen LogP contribution in [0.25, 0.3) is 0 Å². The fraction of sp³-hybridized carbons (Fsp3) is 0.455. The molecule has 2 N–H and O–H groups in total. The number of rotatable bonds is 4. The van der Waals surface area contributed by atoms with Crippen molar-refractivity contribution in [1.29, 1.82) is 0 Å². The van der Waals surface area contributed by atoms with Crippen molar-refractivity contribution in [2.45, 2.75) is 24.9 Å². The molecule has 0 heterocycles. The van der Waals surface area contributed by atoms with Crippen LogP contribution in [0.5, 0.6) is 0 Å². The molecule has 1 aromatic rings. The van der Waals surface area contributed by atoms with Crippen molar-refractivity contribution in [2.75, 3.05) is 6.54 Å². The van der Waals surface area contributed by atoms with E-state index in [1.807, 2.05) is 24.8 Å². The first kappa shape index (κ1) is 11.9. The smallest absolute Gasteiger partial charge is 0.0435 e. The van der Waals surface area contributed by atoms with Crippen molar-refractivity contribution >= 4 is 23.4 Å². The van der Waals surface area contributed by atoms with Crippen LogP contribution in [0.2, 0.25) is 5.02 Å². The van der Waals surface area contributed by atoms with E-state index in [9.17, 15) is 0 Å². The summed E-state index contributed by atoms with van der Waals surface area (Å²) < 4.78 is 0. The summed E-state index contributed by atoms with van der Waals surface area (Å²) >= 11 is 7.82. The Bertz CT molecular complexity index is 301. The monoisotopic (exact) mass is 229 g/mol. The number of benzene rings is 1. The molecule has 0 aliphatic heterocycles. The van der Waals surface area contributed by atoms with E-state index in [0.29, 0.717) is 5.25 Å². The Morgan fingerprint density at radius 2 is 2.21 bits per heavy atom. The van der Waals surface area contributed by atoms with Crippen molar-refractivity contribution in [3.8, 4) is 0 Å². The van der Waals surface area contributed by atoms with Crippen LogP contribution < -0.4 is 5.73 Å². The minimum atomic E-state index is 0.519. The van der Waals surface area contributed by atoms with Gasteiger partial charge in [0.2, 0.25) is 0 Å². The second-order valence-corrected chi connectivity index (χ2v) is 5.27. The molecule has 1 unspecified atom stereocenters. The van der Waals surface area contributed by atoms with Gasteiger partial charge in [-0.15, -0.1) is 0 Å². The van der Waals surface area contributed by atoms with E-state index < -0.39 is 0 Å². The van der Waals surface area contributed by atoms with Crippen molar-refractivity contribution < 1.29 is 0 Å². The Balaban J connectivity index is 2.55. The molecule has 14 heavy (non-hydrogen) atoms. The average Bonchev–Trinajstić information content (AvgIpc) is 2.19. The molecule has 0 aliphatic carbocycles. The number of thioether (sulfide) groups is 1. The van der Waals surface area contributed by atoms with Crippen LogP contribution >= 0.6 is 23.4 Å². The third-order valence-corrected chi connectivity index (χ3v) is 3.77. The molecule has 1 aromatic carbocycles. The summed E-state index contributed by atoms with van der Waals surface area (Å²) in [6, 6.07) is 6.17. The van der Waals surface area contributed by atoms with Gasteiger partial charge >= 0.3 is 0 Å². The predicted octanol–water partition coefficient (Wildman–Crippen LogP) is 3.23. The van der Waals surface area contributed by atoms with Gasteiger partial charge in [-0.25, -0.2) is 0 Å². The maximum absolute atomic E-state index is 5.94. The highest BCUT2D eigenvalue weighted by Gasteiger charge is 2.01. The van der Waals surface area contributed by atoms with Gasteiger partial charge in [0.1, 0.15) is 0 Å². The van der Waals surface area contributed by atoms with Gasteiger partial charge in [0.15, 0.2) is 0 Å². The van der Waals surface area contributed by atoms with Crippen LogP contribution in [0.3, 0.4) is 0 Å². The van der Waals surface area contributed by atoms with Crippen LogP contribution in [0.15, 0.2) is 18.2 Å². The maximum Gasteiger partial charge on any atom is 0.0435 e. The SMILES string of the molecule is Cc1cc(CSC(C)CN)ccc1Cl. The third-order valence-electron chi connectivity index (χ3n) is 2.09.